The lowest BCUT2D eigenvalue weighted by Crippen LogP contribution is -2.20. The summed E-state index contributed by atoms with van der Waals surface area (Å²) in [6.07, 6.45) is 2.04. The van der Waals surface area contributed by atoms with Crippen LogP contribution >= 0.6 is 0 Å². The molecule has 6 nitrogen and oxygen atoms in total. The Labute approximate surface area is 155 Å². The lowest BCUT2D eigenvalue weighted by atomic mass is 9.87. The van der Waals surface area contributed by atoms with Gasteiger partial charge in [-0.1, -0.05) is 45.0 Å². The molecule has 2 heterocycles. The van der Waals surface area contributed by atoms with Gasteiger partial charge in [0, 0.05) is 6.54 Å². The molecule has 1 aliphatic heterocycles. The second-order valence-corrected chi connectivity index (χ2v) is 9.82. The first kappa shape index (κ1) is 19.0. The number of nitrogens with zero attached hydrogens (tertiary/aromatic N) is 3. The van der Waals surface area contributed by atoms with E-state index in [2.05, 4.69) is 36.3 Å². The SMILES string of the molecule is CCn1c(C2CCCN2)nnc1S(=O)(=O)Cc1ccc(C(C)(C)C)cc1. The van der Waals surface area contributed by atoms with Crippen LogP contribution in [0.25, 0.3) is 0 Å². The van der Waals surface area contributed by atoms with E-state index in [4.69, 9.17) is 0 Å². The average molecular weight is 377 g/mol. The van der Waals surface area contributed by atoms with Gasteiger partial charge in [-0.15, -0.1) is 10.2 Å². The summed E-state index contributed by atoms with van der Waals surface area (Å²) in [6, 6.07) is 7.89. The van der Waals surface area contributed by atoms with E-state index in [0.29, 0.717) is 6.54 Å². The third-order valence-electron chi connectivity index (χ3n) is 4.89. The molecule has 0 amide bonds. The Bertz CT molecular complexity index is 858. The summed E-state index contributed by atoms with van der Waals surface area (Å²) in [5.74, 6) is 0.667. The molecule has 0 spiro atoms. The van der Waals surface area contributed by atoms with Crippen molar-refractivity contribution >= 4 is 9.84 Å². The number of benzene rings is 1. The highest BCUT2D eigenvalue weighted by atomic mass is 32.2. The van der Waals surface area contributed by atoms with E-state index in [9.17, 15) is 8.42 Å². The highest BCUT2D eigenvalue weighted by molar-refractivity contribution is 7.90. The molecule has 1 unspecified atom stereocenters. The number of aromatic nitrogens is 3. The molecule has 1 aliphatic rings. The van der Waals surface area contributed by atoms with E-state index in [-0.39, 0.29) is 22.4 Å². The van der Waals surface area contributed by atoms with Crippen molar-refractivity contribution in [3.63, 3.8) is 0 Å². The maximum Gasteiger partial charge on any atom is 0.250 e. The highest BCUT2D eigenvalue weighted by Crippen LogP contribution is 2.26. The van der Waals surface area contributed by atoms with Gasteiger partial charge in [-0.05, 0) is 42.9 Å². The van der Waals surface area contributed by atoms with Gasteiger partial charge >= 0.3 is 0 Å². The fourth-order valence-electron chi connectivity index (χ4n) is 3.37. The van der Waals surface area contributed by atoms with Crippen molar-refractivity contribution in [1.82, 2.24) is 20.1 Å². The van der Waals surface area contributed by atoms with E-state index in [0.717, 1.165) is 30.8 Å². The molecule has 0 aliphatic carbocycles. The van der Waals surface area contributed by atoms with Gasteiger partial charge in [0.25, 0.3) is 0 Å². The van der Waals surface area contributed by atoms with Crippen LogP contribution in [0.3, 0.4) is 0 Å². The van der Waals surface area contributed by atoms with Gasteiger partial charge in [-0.25, -0.2) is 8.42 Å². The Hall–Kier alpha value is -1.73. The summed E-state index contributed by atoms with van der Waals surface area (Å²) in [6.45, 7) is 9.82. The summed E-state index contributed by atoms with van der Waals surface area (Å²) in [5, 5.41) is 11.7. The molecule has 1 N–H and O–H groups in total. The van der Waals surface area contributed by atoms with Gasteiger partial charge in [0.05, 0.1) is 11.8 Å². The summed E-state index contributed by atoms with van der Waals surface area (Å²) in [7, 11) is -3.55. The van der Waals surface area contributed by atoms with E-state index >= 15 is 0 Å². The van der Waals surface area contributed by atoms with E-state index in [1.807, 2.05) is 31.2 Å². The van der Waals surface area contributed by atoms with Crippen molar-refractivity contribution in [3.8, 4) is 0 Å². The maximum atomic E-state index is 12.9. The van der Waals surface area contributed by atoms with Crippen molar-refractivity contribution < 1.29 is 8.42 Å². The molecule has 1 saturated heterocycles. The third-order valence-corrected chi connectivity index (χ3v) is 6.46. The van der Waals surface area contributed by atoms with Gasteiger partial charge < -0.3 is 9.88 Å². The van der Waals surface area contributed by atoms with Crippen LogP contribution in [0.2, 0.25) is 0 Å². The number of rotatable bonds is 5. The Morgan fingerprint density at radius 3 is 2.42 bits per heavy atom. The van der Waals surface area contributed by atoms with Gasteiger partial charge in [0.2, 0.25) is 15.0 Å². The predicted molar refractivity (Wildman–Crippen MR) is 102 cm³/mol. The molecular formula is C19H28N4O2S. The van der Waals surface area contributed by atoms with Crippen molar-refractivity contribution in [2.24, 2.45) is 0 Å². The predicted octanol–water partition coefficient (Wildman–Crippen LogP) is 2.99. The summed E-state index contributed by atoms with van der Waals surface area (Å²) in [5.41, 5.74) is 2.00. The Morgan fingerprint density at radius 2 is 1.88 bits per heavy atom. The quantitative estimate of drug-likeness (QED) is 0.868. The fraction of sp³-hybridized carbons (Fsp3) is 0.579. The zero-order valence-electron chi connectivity index (χ0n) is 16.0. The molecule has 0 bridgehead atoms. The Balaban J connectivity index is 1.86. The molecule has 3 rings (SSSR count). The normalized spacial score (nSPS) is 18.4. The van der Waals surface area contributed by atoms with Crippen LogP contribution in [0.1, 0.15) is 63.5 Å². The van der Waals surface area contributed by atoms with E-state index < -0.39 is 9.84 Å². The highest BCUT2D eigenvalue weighted by Gasteiger charge is 2.29. The van der Waals surface area contributed by atoms with Gasteiger partial charge in [-0.2, -0.15) is 0 Å². The van der Waals surface area contributed by atoms with Crippen molar-refractivity contribution in [1.29, 1.82) is 0 Å². The molecular weight excluding hydrogens is 348 g/mol. The number of hydrogen-bond acceptors (Lipinski definition) is 5. The molecule has 1 fully saturated rings. The zero-order valence-corrected chi connectivity index (χ0v) is 16.8. The molecule has 1 aromatic carbocycles. The summed E-state index contributed by atoms with van der Waals surface area (Å²) in [4.78, 5) is 0. The molecule has 142 valence electrons. The fourth-order valence-corrected chi connectivity index (χ4v) is 4.86. The minimum Gasteiger partial charge on any atom is -0.307 e. The zero-order chi connectivity index (χ0) is 18.9. The Kier molecular flexibility index (Phi) is 5.21. The van der Waals surface area contributed by atoms with Gasteiger partial charge in [0.1, 0.15) is 0 Å². The van der Waals surface area contributed by atoms with Crippen LogP contribution in [-0.4, -0.2) is 29.7 Å². The van der Waals surface area contributed by atoms with Gasteiger partial charge in [-0.3, -0.25) is 0 Å². The first-order valence-corrected chi connectivity index (χ1v) is 10.9. The third kappa shape index (κ3) is 3.83. The van der Waals surface area contributed by atoms with Crippen LogP contribution in [0.4, 0.5) is 0 Å². The second-order valence-electron chi connectivity index (χ2n) is 7.94. The maximum absolute atomic E-state index is 12.9. The lowest BCUT2D eigenvalue weighted by Gasteiger charge is -2.19. The number of sulfone groups is 1. The molecule has 1 aromatic heterocycles. The first-order valence-electron chi connectivity index (χ1n) is 9.21. The van der Waals surface area contributed by atoms with Gasteiger partial charge in [0.15, 0.2) is 5.82 Å². The van der Waals surface area contributed by atoms with Crippen LogP contribution in [0, 0.1) is 0 Å². The van der Waals surface area contributed by atoms with Crippen LogP contribution in [0.5, 0.6) is 0 Å². The summed E-state index contributed by atoms with van der Waals surface area (Å²) < 4.78 is 27.6. The Morgan fingerprint density at radius 1 is 1.19 bits per heavy atom. The monoisotopic (exact) mass is 376 g/mol. The first-order chi connectivity index (χ1) is 12.2. The minimum atomic E-state index is -3.55. The minimum absolute atomic E-state index is 0.0446. The molecule has 0 saturated carbocycles. The molecule has 2 aromatic rings. The van der Waals surface area contributed by atoms with Crippen LogP contribution < -0.4 is 5.32 Å². The smallest absolute Gasteiger partial charge is 0.250 e. The van der Waals surface area contributed by atoms with Crippen LogP contribution in [-0.2, 0) is 27.5 Å². The van der Waals surface area contributed by atoms with Crippen molar-refractivity contribution in [2.75, 3.05) is 6.54 Å². The molecule has 7 heteroatoms. The van der Waals surface area contributed by atoms with E-state index in [1.54, 1.807) is 4.57 Å². The molecule has 1 atom stereocenters. The second kappa shape index (κ2) is 7.12. The largest absolute Gasteiger partial charge is 0.307 e. The topological polar surface area (TPSA) is 76.9 Å². The standard InChI is InChI=1S/C19H28N4O2S/c1-5-23-17(16-7-6-12-20-16)21-22-18(23)26(24,25)13-14-8-10-15(11-9-14)19(2,3)4/h8-11,16,20H,5-7,12-13H2,1-4H3. The lowest BCUT2D eigenvalue weighted by molar-refractivity contribution is 0.527. The van der Waals surface area contributed by atoms with Crippen LogP contribution in [0.15, 0.2) is 29.4 Å². The number of nitrogens with one attached hydrogen (secondary N) is 1. The summed E-state index contributed by atoms with van der Waals surface area (Å²) >= 11 is 0. The van der Waals surface area contributed by atoms with Crippen molar-refractivity contribution in [2.45, 2.75) is 69.4 Å². The molecule has 26 heavy (non-hydrogen) atoms. The number of hydrogen-bond donors (Lipinski definition) is 1. The van der Waals surface area contributed by atoms with E-state index in [1.165, 1.54) is 5.56 Å². The van der Waals surface area contributed by atoms with Crippen molar-refractivity contribution in [3.05, 3.63) is 41.2 Å². The molecule has 0 radical (unpaired) electrons. The average Bonchev–Trinajstić information content (AvgIpc) is 3.23.